The van der Waals surface area contributed by atoms with Crippen LogP contribution in [0.5, 0.6) is 5.75 Å². The predicted molar refractivity (Wildman–Crippen MR) is 96.2 cm³/mol. The van der Waals surface area contributed by atoms with E-state index in [2.05, 4.69) is 10.5 Å². The third-order valence-corrected chi connectivity index (χ3v) is 3.26. The van der Waals surface area contributed by atoms with Crippen LogP contribution in [0.4, 0.5) is 5.69 Å². The second-order valence-corrected chi connectivity index (χ2v) is 5.16. The maximum Gasteiger partial charge on any atom is 0.265 e. The number of nitrogens with one attached hydrogen (secondary N) is 1. The first-order valence-electron chi connectivity index (χ1n) is 7.88. The van der Waals surface area contributed by atoms with Crippen molar-refractivity contribution in [2.75, 3.05) is 18.5 Å². The molecule has 0 aromatic heterocycles. The molecular formula is C19H20N2O4. The second-order valence-electron chi connectivity index (χ2n) is 5.16. The van der Waals surface area contributed by atoms with Crippen LogP contribution in [0, 0.1) is 0 Å². The van der Waals surface area contributed by atoms with Crippen LogP contribution in [-0.2, 0) is 9.63 Å². The predicted octanol–water partition coefficient (Wildman–Crippen LogP) is 3.28. The van der Waals surface area contributed by atoms with Gasteiger partial charge in [0, 0.05) is 16.8 Å². The summed E-state index contributed by atoms with van der Waals surface area (Å²) in [6, 6.07) is 14.0. The molecule has 6 nitrogen and oxygen atoms in total. The zero-order valence-corrected chi connectivity index (χ0v) is 14.2. The molecule has 0 atom stereocenters. The van der Waals surface area contributed by atoms with E-state index in [0.29, 0.717) is 23.6 Å². The van der Waals surface area contributed by atoms with Gasteiger partial charge in [-0.15, -0.1) is 0 Å². The lowest BCUT2D eigenvalue weighted by atomic mass is 10.1. The molecule has 0 heterocycles. The number of rotatable bonds is 8. The zero-order chi connectivity index (χ0) is 18.1. The van der Waals surface area contributed by atoms with Crippen molar-refractivity contribution in [3.05, 3.63) is 59.7 Å². The van der Waals surface area contributed by atoms with Gasteiger partial charge in [0.15, 0.2) is 12.4 Å². The fraction of sp³-hybridized carbons (Fsp3) is 0.211. The van der Waals surface area contributed by atoms with Crippen LogP contribution in [0.15, 0.2) is 53.7 Å². The Kier molecular flexibility index (Phi) is 6.71. The largest absolute Gasteiger partial charge is 0.493 e. The molecule has 0 fully saturated rings. The quantitative estimate of drug-likeness (QED) is 0.454. The Balaban J connectivity index is 1.83. The van der Waals surface area contributed by atoms with Crippen LogP contribution in [0.2, 0.25) is 0 Å². The number of hydrogen-bond acceptors (Lipinski definition) is 5. The lowest BCUT2D eigenvalue weighted by molar-refractivity contribution is -0.120. The number of anilines is 1. The molecule has 6 heteroatoms. The van der Waals surface area contributed by atoms with Crippen molar-refractivity contribution in [2.24, 2.45) is 5.16 Å². The minimum atomic E-state index is -0.342. The normalized spacial score (nSPS) is 10.5. The molecule has 1 amide bonds. The van der Waals surface area contributed by atoms with Gasteiger partial charge in [-0.3, -0.25) is 9.59 Å². The molecule has 0 bridgehead atoms. The van der Waals surface area contributed by atoms with Crippen molar-refractivity contribution in [1.82, 2.24) is 0 Å². The molecule has 25 heavy (non-hydrogen) atoms. The highest BCUT2D eigenvalue weighted by Gasteiger charge is 2.04. The summed E-state index contributed by atoms with van der Waals surface area (Å²) in [4.78, 5) is 28.0. The summed E-state index contributed by atoms with van der Waals surface area (Å²) in [6.07, 6.45) is 1.50. The molecule has 1 N–H and O–H groups in total. The average molecular weight is 340 g/mol. The van der Waals surface area contributed by atoms with Crippen LogP contribution in [-0.4, -0.2) is 31.1 Å². The summed E-state index contributed by atoms with van der Waals surface area (Å²) < 4.78 is 5.47. The van der Waals surface area contributed by atoms with Gasteiger partial charge in [0.2, 0.25) is 0 Å². The van der Waals surface area contributed by atoms with E-state index in [1.807, 2.05) is 31.2 Å². The Morgan fingerprint density at radius 2 is 1.84 bits per heavy atom. The van der Waals surface area contributed by atoms with Crippen molar-refractivity contribution >= 4 is 23.6 Å². The van der Waals surface area contributed by atoms with Crippen LogP contribution >= 0.6 is 0 Å². The van der Waals surface area contributed by atoms with Gasteiger partial charge in [-0.25, -0.2) is 0 Å². The number of carbonyl (C=O) groups excluding carboxylic acids is 2. The molecule has 0 radical (unpaired) electrons. The molecule has 0 aliphatic carbocycles. The van der Waals surface area contributed by atoms with Gasteiger partial charge in [-0.1, -0.05) is 17.3 Å². The van der Waals surface area contributed by atoms with E-state index in [1.165, 1.54) is 13.1 Å². The van der Waals surface area contributed by atoms with Crippen LogP contribution < -0.4 is 10.1 Å². The topological polar surface area (TPSA) is 77.0 Å². The van der Waals surface area contributed by atoms with E-state index < -0.39 is 0 Å². The van der Waals surface area contributed by atoms with Gasteiger partial charge in [-0.2, -0.15) is 0 Å². The maximum atomic E-state index is 11.8. The first-order chi connectivity index (χ1) is 12.1. The average Bonchev–Trinajstić information content (AvgIpc) is 2.61. The summed E-state index contributed by atoms with van der Waals surface area (Å²) in [6.45, 7) is 3.72. The first kappa shape index (κ1) is 18.2. The number of ketones is 1. The number of amides is 1. The van der Waals surface area contributed by atoms with E-state index >= 15 is 0 Å². The second kappa shape index (κ2) is 9.22. The lowest BCUT2D eigenvalue weighted by Crippen LogP contribution is -2.17. The highest BCUT2D eigenvalue weighted by atomic mass is 16.6. The Hall–Kier alpha value is -3.15. The van der Waals surface area contributed by atoms with Gasteiger partial charge in [-0.05, 0) is 50.2 Å². The summed E-state index contributed by atoms with van der Waals surface area (Å²) in [5, 5.41) is 6.46. The molecule has 130 valence electrons. The van der Waals surface area contributed by atoms with E-state index in [9.17, 15) is 9.59 Å². The lowest BCUT2D eigenvalue weighted by Gasteiger charge is -2.06. The van der Waals surface area contributed by atoms with Gasteiger partial charge in [0.1, 0.15) is 5.75 Å². The molecular weight excluding hydrogens is 320 g/mol. The van der Waals surface area contributed by atoms with E-state index in [0.717, 1.165) is 5.56 Å². The fourth-order valence-electron chi connectivity index (χ4n) is 2.05. The van der Waals surface area contributed by atoms with Crippen LogP contribution in [0.3, 0.4) is 0 Å². The number of oxime groups is 1. The summed E-state index contributed by atoms with van der Waals surface area (Å²) in [5.74, 6) is 0.334. The standard InChI is InChI=1S/C19H20N2O4/c1-3-24-18-7-5-4-6-16(18)12-20-25-13-19(23)21-17-10-8-15(9-11-17)14(2)22/h4-12H,3,13H2,1-2H3,(H,21,23)/b20-12-. The Labute approximate surface area is 146 Å². The minimum Gasteiger partial charge on any atom is -0.493 e. The number of Topliss-reactive ketones (excluding diaryl/α,β-unsaturated/α-hetero) is 1. The number of hydrogen-bond donors (Lipinski definition) is 1. The van der Waals surface area contributed by atoms with Crippen molar-refractivity contribution < 1.29 is 19.2 Å². The number of ether oxygens (including phenoxy) is 1. The number of nitrogens with zero attached hydrogens (tertiary/aromatic N) is 1. The van der Waals surface area contributed by atoms with Gasteiger partial charge in [0.05, 0.1) is 12.8 Å². The number of para-hydroxylation sites is 1. The summed E-state index contributed by atoms with van der Waals surface area (Å²) in [7, 11) is 0. The Bertz CT molecular complexity index is 754. The Morgan fingerprint density at radius 3 is 2.52 bits per heavy atom. The molecule has 2 rings (SSSR count). The molecule has 0 saturated carbocycles. The molecule has 0 saturated heterocycles. The Morgan fingerprint density at radius 1 is 1.12 bits per heavy atom. The van der Waals surface area contributed by atoms with Crippen LogP contribution in [0.1, 0.15) is 29.8 Å². The minimum absolute atomic E-state index is 0.0251. The van der Waals surface area contributed by atoms with Crippen LogP contribution in [0.25, 0.3) is 0 Å². The highest BCUT2D eigenvalue weighted by Crippen LogP contribution is 2.15. The summed E-state index contributed by atoms with van der Waals surface area (Å²) >= 11 is 0. The molecule has 2 aromatic carbocycles. The summed E-state index contributed by atoms with van der Waals surface area (Å²) in [5.41, 5.74) is 1.95. The van der Waals surface area contributed by atoms with Crippen molar-refractivity contribution in [3.8, 4) is 5.75 Å². The number of carbonyl (C=O) groups is 2. The molecule has 0 aliphatic rings. The highest BCUT2D eigenvalue weighted by molar-refractivity contribution is 5.95. The molecule has 0 aliphatic heterocycles. The van der Waals surface area contributed by atoms with Gasteiger partial charge >= 0.3 is 0 Å². The van der Waals surface area contributed by atoms with Crippen molar-refractivity contribution in [2.45, 2.75) is 13.8 Å². The van der Waals surface area contributed by atoms with Crippen molar-refractivity contribution in [3.63, 3.8) is 0 Å². The van der Waals surface area contributed by atoms with E-state index in [4.69, 9.17) is 9.57 Å². The van der Waals surface area contributed by atoms with E-state index in [1.54, 1.807) is 24.3 Å². The SMILES string of the molecule is CCOc1ccccc1/C=N\OCC(=O)Nc1ccc(C(C)=O)cc1. The number of benzene rings is 2. The maximum absolute atomic E-state index is 11.8. The monoisotopic (exact) mass is 340 g/mol. The van der Waals surface area contributed by atoms with E-state index in [-0.39, 0.29) is 18.3 Å². The fourth-order valence-corrected chi connectivity index (χ4v) is 2.05. The zero-order valence-electron chi connectivity index (χ0n) is 14.2. The molecule has 2 aromatic rings. The molecule has 0 spiro atoms. The smallest absolute Gasteiger partial charge is 0.265 e. The van der Waals surface area contributed by atoms with Gasteiger partial charge < -0.3 is 14.9 Å². The van der Waals surface area contributed by atoms with Crippen molar-refractivity contribution in [1.29, 1.82) is 0 Å². The third-order valence-electron chi connectivity index (χ3n) is 3.26. The molecule has 0 unspecified atom stereocenters. The van der Waals surface area contributed by atoms with Gasteiger partial charge in [0.25, 0.3) is 5.91 Å². The third kappa shape index (κ3) is 5.76. The first-order valence-corrected chi connectivity index (χ1v) is 7.88.